The van der Waals surface area contributed by atoms with Gasteiger partial charge < -0.3 is 11.1 Å². The number of hydrogen-bond acceptors (Lipinski definition) is 4. The van der Waals surface area contributed by atoms with Crippen molar-refractivity contribution in [2.24, 2.45) is 5.73 Å². The summed E-state index contributed by atoms with van der Waals surface area (Å²) in [5.74, 6) is -0.471. The van der Waals surface area contributed by atoms with Crippen molar-refractivity contribution in [2.75, 3.05) is 12.8 Å². The van der Waals surface area contributed by atoms with Crippen molar-refractivity contribution in [2.45, 2.75) is 38.0 Å². The molecule has 2 unspecified atom stereocenters. The fourth-order valence-electron chi connectivity index (χ4n) is 1.11. The van der Waals surface area contributed by atoms with E-state index in [2.05, 4.69) is 5.32 Å². The second-order valence-electron chi connectivity index (χ2n) is 3.70. The van der Waals surface area contributed by atoms with Gasteiger partial charge in [0.05, 0.1) is 0 Å². The van der Waals surface area contributed by atoms with Gasteiger partial charge in [0.2, 0.25) is 5.91 Å². The van der Waals surface area contributed by atoms with Crippen LogP contribution in [0.1, 0.15) is 26.7 Å². The Bertz CT molecular complexity index is 300. The Morgan fingerprint density at radius 1 is 1.47 bits per heavy atom. The van der Waals surface area contributed by atoms with Crippen LogP contribution in [0.4, 0.5) is 0 Å². The lowest BCUT2D eigenvalue weighted by molar-refractivity contribution is -0.121. The average Bonchev–Trinajstić information content (AvgIpc) is 2.14. The van der Waals surface area contributed by atoms with Crippen LogP contribution in [-0.2, 0) is 14.6 Å². The maximum atomic E-state index is 11.5. The predicted molar refractivity (Wildman–Crippen MR) is 60.2 cm³/mol. The summed E-state index contributed by atoms with van der Waals surface area (Å²) in [5, 5.41) is 1.62. The summed E-state index contributed by atoms with van der Waals surface area (Å²) in [5.41, 5.74) is 5.45. The van der Waals surface area contributed by atoms with Crippen molar-refractivity contribution in [3.63, 3.8) is 0 Å². The SMILES string of the molecule is CCCC(CN)NC(=O)C(C)S(C)(=O)=O. The summed E-state index contributed by atoms with van der Waals surface area (Å²) in [6, 6.07) is -0.133. The fourth-order valence-corrected chi connectivity index (χ4v) is 1.57. The van der Waals surface area contributed by atoms with Crippen LogP contribution < -0.4 is 11.1 Å². The highest BCUT2D eigenvalue weighted by atomic mass is 32.2. The Labute approximate surface area is 91.3 Å². The van der Waals surface area contributed by atoms with Crippen LogP contribution in [0.3, 0.4) is 0 Å². The van der Waals surface area contributed by atoms with Gasteiger partial charge in [-0.2, -0.15) is 0 Å². The van der Waals surface area contributed by atoms with Crippen LogP contribution in [0.2, 0.25) is 0 Å². The molecule has 0 aliphatic heterocycles. The zero-order chi connectivity index (χ0) is 12.1. The van der Waals surface area contributed by atoms with Crippen LogP contribution in [0.15, 0.2) is 0 Å². The first-order chi connectivity index (χ1) is 6.82. The first kappa shape index (κ1) is 14.4. The highest BCUT2D eigenvalue weighted by Gasteiger charge is 2.24. The molecule has 0 spiro atoms. The predicted octanol–water partition coefficient (Wildman–Crippen LogP) is -0.337. The average molecular weight is 236 g/mol. The molecule has 5 nitrogen and oxygen atoms in total. The fraction of sp³-hybridized carbons (Fsp3) is 0.889. The largest absolute Gasteiger partial charge is 0.351 e. The lowest BCUT2D eigenvalue weighted by atomic mass is 10.1. The third-order valence-corrected chi connectivity index (χ3v) is 3.78. The van der Waals surface area contributed by atoms with Gasteiger partial charge in [-0.05, 0) is 13.3 Å². The highest BCUT2D eigenvalue weighted by Crippen LogP contribution is 2.00. The van der Waals surface area contributed by atoms with Gasteiger partial charge in [0.15, 0.2) is 9.84 Å². The van der Waals surface area contributed by atoms with E-state index in [1.807, 2.05) is 6.92 Å². The number of nitrogens with one attached hydrogen (secondary N) is 1. The maximum absolute atomic E-state index is 11.5. The summed E-state index contributed by atoms with van der Waals surface area (Å²) in [6.07, 6.45) is 2.71. The Balaban J connectivity index is 4.35. The van der Waals surface area contributed by atoms with E-state index in [1.165, 1.54) is 6.92 Å². The summed E-state index contributed by atoms with van der Waals surface area (Å²) in [7, 11) is -3.32. The molecule has 1 amide bonds. The Morgan fingerprint density at radius 3 is 2.33 bits per heavy atom. The van der Waals surface area contributed by atoms with Crippen LogP contribution >= 0.6 is 0 Å². The summed E-state index contributed by atoms with van der Waals surface area (Å²) in [6.45, 7) is 3.69. The van der Waals surface area contributed by atoms with Crippen LogP contribution in [-0.4, -0.2) is 38.4 Å². The van der Waals surface area contributed by atoms with Gasteiger partial charge >= 0.3 is 0 Å². The van der Waals surface area contributed by atoms with Gasteiger partial charge in [-0.3, -0.25) is 4.79 Å². The molecular formula is C9H20N2O3S. The van der Waals surface area contributed by atoms with Crippen LogP contribution in [0, 0.1) is 0 Å². The first-order valence-corrected chi connectivity index (χ1v) is 6.97. The van der Waals surface area contributed by atoms with Gasteiger partial charge in [0.25, 0.3) is 0 Å². The van der Waals surface area contributed by atoms with E-state index in [0.717, 1.165) is 19.1 Å². The number of sulfone groups is 1. The van der Waals surface area contributed by atoms with Crippen molar-refractivity contribution in [3.8, 4) is 0 Å². The third kappa shape index (κ3) is 5.13. The van der Waals surface area contributed by atoms with Crippen molar-refractivity contribution in [1.29, 1.82) is 0 Å². The molecule has 15 heavy (non-hydrogen) atoms. The minimum Gasteiger partial charge on any atom is -0.351 e. The zero-order valence-corrected chi connectivity index (χ0v) is 10.3. The Morgan fingerprint density at radius 2 is 2.00 bits per heavy atom. The molecule has 0 saturated carbocycles. The smallest absolute Gasteiger partial charge is 0.238 e. The molecule has 0 aromatic rings. The van der Waals surface area contributed by atoms with E-state index in [-0.39, 0.29) is 6.04 Å². The molecular weight excluding hydrogens is 216 g/mol. The van der Waals surface area contributed by atoms with E-state index in [1.54, 1.807) is 0 Å². The van der Waals surface area contributed by atoms with Gasteiger partial charge in [-0.1, -0.05) is 13.3 Å². The Hall–Kier alpha value is -0.620. The van der Waals surface area contributed by atoms with E-state index in [9.17, 15) is 13.2 Å². The normalized spacial score (nSPS) is 15.7. The van der Waals surface area contributed by atoms with Gasteiger partial charge in [-0.25, -0.2) is 8.42 Å². The van der Waals surface area contributed by atoms with E-state index in [4.69, 9.17) is 5.73 Å². The second kappa shape index (κ2) is 6.07. The van der Waals surface area contributed by atoms with E-state index < -0.39 is 21.0 Å². The number of hydrogen-bond donors (Lipinski definition) is 2. The third-order valence-electron chi connectivity index (χ3n) is 2.28. The molecule has 2 atom stereocenters. The van der Waals surface area contributed by atoms with Crippen molar-refractivity contribution in [3.05, 3.63) is 0 Å². The van der Waals surface area contributed by atoms with Crippen molar-refractivity contribution < 1.29 is 13.2 Å². The van der Waals surface area contributed by atoms with E-state index in [0.29, 0.717) is 6.54 Å². The summed E-state index contributed by atoms with van der Waals surface area (Å²) < 4.78 is 22.2. The molecule has 90 valence electrons. The molecule has 0 radical (unpaired) electrons. The van der Waals surface area contributed by atoms with Gasteiger partial charge in [0.1, 0.15) is 5.25 Å². The number of nitrogens with two attached hydrogens (primary N) is 1. The van der Waals surface area contributed by atoms with Gasteiger partial charge in [0, 0.05) is 18.8 Å². The molecule has 0 fully saturated rings. The topological polar surface area (TPSA) is 89.3 Å². The minimum absolute atomic E-state index is 0.133. The molecule has 3 N–H and O–H groups in total. The highest BCUT2D eigenvalue weighted by molar-refractivity contribution is 7.92. The summed E-state index contributed by atoms with van der Waals surface area (Å²) in [4.78, 5) is 11.5. The van der Waals surface area contributed by atoms with Crippen LogP contribution in [0.5, 0.6) is 0 Å². The molecule has 0 heterocycles. The molecule has 0 aliphatic rings. The lowest BCUT2D eigenvalue weighted by Crippen LogP contribution is -2.46. The first-order valence-electron chi connectivity index (χ1n) is 5.02. The monoisotopic (exact) mass is 236 g/mol. The minimum atomic E-state index is -3.32. The molecule has 0 saturated heterocycles. The molecule has 0 aliphatic carbocycles. The molecule has 6 heteroatoms. The molecule has 0 aromatic heterocycles. The number of rotatable bonds is 6. The zero-order valence-electron chi connectivity index (χ0n) is 9.49. The van der Waals surface area contributed by atoms with Crippen molar-refractivity contribution in [1.82, 2.24) is 5.32 Å². The maximum Gasteiger partial charge on any atom is 0.238 e. The number of carbonyl (C=O) groups is 1. The standard InChI is InChI=1S/C9H20N2O3S/c1-4-5-8(6-10)11-9(12)7(2)15(3,13)14/h7-8H,4-6,10H2,1-3H3,(H,11,12). The van der Waals surface area contributed by atoms with Gasteiger partial charge in [-0.15, -0.1) is 0 Å². The second-order valence-corrected chi connectivity index (χ2v) is 6.07. The molecule has 0 rings (SSSR count). The lowest BCUT2D eigenvalue weighted by Gasteiger charge is -2.18. The number of amides is 1. The molecule has 0 bridgehead atoms. The van der Waals surface area contributed by atoms with Crippen LogP contribution in [0.25, 0.3) is 0 Å². The molecule has 0 aromatic carbocycles. The summed E-state index contributed by atoms with van der Waals surface area (Å²) >= 11 is 0. The Kier molecular flexibility index (Phi) is 5.82. The quantitative estimate of drug-likeness (QED) is 0.660. The van der Waals surface area contributed by atoms with Crippen molar-refractivity contribution >= 4 is 15.7 Å². The number of carbonyl (C=O) groups excluding carboxylic acids is 1. The van der Waals surface area contributed by atoms with E-state index >= 15 is 0 Å².